The van der Waals surface area contributed by atoms with Crippen LogP contribution >= 0.6 is 47.9 Å². The minimum absolute atomic E-state index is 0.00694. The smallest absolute Gasteiger partial charge is 0.243 e. The third-order valence-electron chi connectivity index (χ3n) is 7.79. The summed E-state index contributed by atoms with van der Waals surface area (Å²) in [5.74, 6) is 11.1. The predicted octanol–water partition coefficient (Wildman–Crippen LogP) is 8.96. The van der Waals surface area contributed by atoms with Crippen molar-refractivity contribution in [1.82, 2.24) is 20.0 Å². The van der Waals surface area contributed by atoms with Gasteiger partial charge in [0.05, 0.1) is 58.4 Å². The standard InChI is InChI=1S/C14H22N2O3S.C10H18N2OS.C8H13NO2.C5H6O2.C5H4O2.C4H7NO2S.C2H7NS.C2H7N/c1-12(9-16(17)18)5-4-8-20-11-14-7-6-13(19-14)10-15(2)3;1-12(2)7-9-3-4-10(13-9)8-14-6-5-11;1-9(2)5-7-3-4-8(6-10)11-7;2*6-4-5-2-1-3-7-5;1-4(8-2)3-5(6)7;3-1-2-4;1-3-2/h6-7,9H,4-5,8,10-11H2,1-3H3;3-4H,5-8,11H2,1-2H3;3-4,10H,5-6H2,1-2H3;1-3,6H,4H2;1-4H;3H,1-2H3;4H,1-3H2;3H,1-2H3/b12-9+;;;;;4-3+;;. The topological polar surface area (TPSA) is 283 Å². The molecule has 5 aromatic heterocycles. The lowest BCUT2D eigenvalue weighted by molar-refractivity contribution is -0.403. The molecule has 0 aromatic carbocycles. The molecule has 5 aromatic rings. The van der Waals surface area contributed by atoms with Crippen LogP contribution in [0.3, 0.4) is 0 Å². The van der Waals surface area contributed by atoms with Crippen LogP contribution in [0.5, 0.6) is 0 Å². The van der Waals surface area contributed by atoms with Crippen molar-refractivity contribution in [2.45, 2.75) is 71.0 Å². The van der Waals surface area contributed by atoms with Crippen molar-refractivity contribution in [3.05, 3.63) is 162 Å². The summed E-state index contributed by atoms with van der Waals surface area (Å²) in [6.45, 7) is 7.34. The largest absolute Gasteiger partial charge is 0.467 e. The average molecular weight is 1120 g/mol. The zero-order chi connectivity index (χ0) is 56.5. The van der Waals surface area contributed by atoms with Crippen LogP contribution in [0.25, 0.3) is 0 Å². The summed E-state index contributed by atoms with van der Waals surface area (Å²) in [6, 6.07) is 18.5. The third kappa shape index (κ3) is 48.4. The Morgan fingerprint density at radius 1 is 0.676 bits per heavy atom. The molecule has 420 valence electrons. The number of aliphatic hydroxyl groups is 2. The highest BCUT2D eigenvalue weighted by molar-refractivity contribution is 8.02. The number of nitro groups is 2. The number of carbonyl (C=O) groups excluding carboxylic acids is 1. The Kier molecular flexibility index (Phi) is 50.4. The maximum absolute atomic E-state index is 10.3. The van der Waals surface area contributed by atoms with E-state index in [9.17, 15) is 25.0 Å². The fourth-order valence-corrected chi connectivity index (χ4v) is 6.49. The van der Waals surface area contributed by atoms with Gasteiger partial charge in [-0.25, -0.2) is 0 Å². The Morgan fingerprint density at radius 2 is 1.09 bits per heavy atom. The van der Waals surface area contributed by atoms with Crippen LogP contribution in [0.15, 0.2) is 118 Å². The van der Waals surface area contributed by atoms with Crippen molar-refractivity contribution in [2.24, 2.45) is 11.5 Å². The van der Waals surface area contributed by atoms with Crippen molar-refractivity contribution >= 4 is 54.2 Å². The van der Waals surface area contributed by atoms with E-state index in [0.717, 1.165) is 119 Å². The van der Waals surface area contributed by atoms with Crippen molar-refractivity contribution in [3.8, 4) is 0 Å². The van der Waals surface area contributed by atoms with E-state index in [1.165, 1.54) is 24.3 Å². The Balaban J connectivity index is -0.000000827. The van der Waals surface area contributed by atoms with E-state index in [1.807, 2.05) is 91.6 Å². The molecule has 0 radical (unpaired) electrons. The van der Waals surface area contributed by atoms with Crippen LogP contribution in [0.4, 0.5) is 0 Å². The predicted molar refractivity (Wildman–Crippen MR) is 306 cm³/mol. The number of allylic oxidation sites excluding steroid dienone is 2. The first-order valence-electron chi connectivity index (χ1n) is 23.1. The van der Waals surface area contributed by atoms with Gasteiger partial charge in [-0.15, -0.1) is 11.8 Å². The number of thioether (sulfide) groups is 3. The molecule has 5 heterocycles. The molecule has 0 unspecified atom stereocenters. The van der Waals surface area contributed by atoms with Crippen molar-refractivity contribution in [3.63, 3.8) is 0 Å². The molecular weight excluding hydrogens is 1030 g/mol. The van der Waals surface area contributed by atoms with Gasteiger partial charge >= 0.3 is 0 Å². The number of aldehydes is 1. The first kappa shape index (κ1) is 73.7. The SMILES string of the molecule is C/C(=C\[N+](=O)[O-])CCCSCc1ccc(CN(C)C)o1.CN(C)Cc1ccc(CO)o1.CN(C)Cc1ccc(CSCCN)o1.CNC.CS/C(C)=C/[N+](=O)[O-].NCCS.O=Cc1ccco1.OCc1ccco1. The second-order valence-electron chi connectivity index (χ2n) is 15.8. The summed E-state index contributed by atoms with van der Waals surface area (Å²) >= 11 is 8.77. The molecule has 7 N–H and O–H groups in total. The average Bonchev–Trinajstić information content (AvgIpc) is 4.22. The molecule has 0 aliphatic carbocycles. The molecule has 0 spiro atoms. The molecule has 0 saturated carbocycles. The quantitative estimate of drug-likeness (QED) is 0.0117. The maximum atomic E-state index is 10.3. The summed E-state index contributed by atoms with van der Waals surface area (Å²) in [7, 11) is 15.8. The Bertz CT molecular complexity index is 2110. The second-order valence-corrected chi connectivity index (χ2v) is 19.6. The van der Waals surface area contributed by atoms with Crippen molar-refractivity contribution in [1.29, 1.82) is 0 Å². The number of carbonyl (C=O) groups is 1. The van der Waals surface area contributed by atoms with Gasteiger partial charge in [0, 0.05) is 24.6 Å². The van der Waals surface area contributed by atoms with E-state index in [0.29, 0.717) is 30.1 Å². The molecule has 74 heavy (non-hydrogen) atoms. The van der Waals surface area contributed by atoms with Gasteiger partial charge in [0.2, 0.25) is 12.4 Å². The van der Waals surface area contributed by atoms with E-state index in [2.05, 4.69) is 32.2 Å². The van der Waals surface area contributed by atoms with Crippen LogP contribution in [0, 0.1) is 20.2 Å². The summed E-state index contributed by atoms with van der Waals surface area (Å²) in [4.78, 5) is 35.8. The van der Waals surface area contributed by atoms with Gasteiger partial charge in [0.1, 0.15) is 53.5 Å². The normalized spacial score (nSPS) is 10.6. The third-order valence-corrected chi connectivity index (χ3v) is 10.9. The fraction of sp³-hybridized carbons (Fsp3) is 0.500. The number of hydrogen-bond acceptors (Lipinski definition) is 22. The Morgan fingerprint density at radius 3 is 1.39 bits per heavy atom. The summed E-state index contributed by atoms with van der Waals surface area (Å²) in [5, 5.41) is 39.7. The van der Waals surface area contributed by atoms with Crippen LogP contribution in [0.1, 0.15) is 77.6 Å². The van der Waals surface area contributed by atoms with Crippen LogP contribution in [-0.2, 0) is 44.4 Å². The van der Waals surface area contributed by atoms with Crippen LogP contribution in [-0.4, -0.2) is 134 Å². The monoisotopic (exact) mass is 1120 g/mol. The van der Waals surface area contributed by atoms with Crippen molar-refractivity contribution < 1.29 is 46.9 Å². The highest BCUT2D eigenvalue weighted by atomic mass is 32.2. The van der Waals surface area contributed by atoms with Gasteiger partial charge in [-0.1, -0.05) is 0 Å². The molecule has 20 nitrogen and oxygen atoms in total. The number of rotatable bonds is 23. The molecule has 0 fully saturated rings. The summed E-state index contributed by atoms with van der Waals surface area (Å²) in [6.07, 6.45) is 9.27. The maximum Gasteiger partial charge on any atom is 0.243 e. The first-order chi connectivity index (χ1) is 35.3. The number of thiol groups is 1. The lowest BCUT2D eigenvalue weighted by Gasteiger charge is -2.05. The number of furan rings is 5. The fourth-order valence-electron chi connectivity index (χ4n) is 4.79. The Labute approximate surface area is 456 Å². The molecule has 0 aliphatic heterocycles. The second kappa shape index (κ2) is 50.6. The molecule has 0 amide bonds. The van der Waals surface area contributed by atoms with E-state index in [4.69, 9.17) is 39.3 Å². The van der Waals surface area contributed by atoms with Gasteiger partial charge in [0.15, 0.2) is 12.0 Å². The number of hydrogen-bond donors (Lipinski definition) is 6. The summed E-state index contributed by atoms with van der Waals surface area (Å²) in [5.41, 5.74) is 11.2. The van der Waals surface area contributed by atoms with E-state index in [-0.39, 0.29) is 13.2 Å². The zero-order valence-electron chi connectivity index (χ0n) is 45.1. The number of nitrogens with one attached hydrogen (secondary N) is 1. The lowest BCUT2D eigenvalue weighted by Crippen LogP contribution is -2.09. The molecular formula is C50H84N8O12S4. The zero-order valence-corrected chi connectivity index (χ0v) is 48.4. The van der Waals surface area contributed by atoms with Crippen LogP contribution < -0.4 is 16.8 Å². The Hall–Kier alpha value is -4.57. The van der Waals surface area contributed by atoms with E-state index in [1.54, 1.807) is 74.0 Å². The molecule has 0 aliphatic rings. The first-order valence-corrected chi connectivity index (χ1v) is 27.3. The number of aliphatic hydroxyl groups excluding tert-OH is 2. The number of nitrogens with two attached hydrogens (primary N) is 2. The molecule has 0 bridgehead atoms. The van der Waals surface area contributed by atoms with Crippen molar-refractivity contribution in [2.75, 3.05) is 93.0 Å². The van der Waals surface area contributed by atoms with Gasteiger partial charge in [-0.2, -0.15) is 36.2 Å². The highest BCUT2D eigenvalue weighted by Crippen LogP contribution is 2.19. The number of nitrogens with zero attached hydrogens (tertiary/aromatic N) is 5. The highest BCUT2D eigenvalue weighted by Gasteiger charge is 2.05. The van der Waals surface area contributed by atoms with Gasteiger partial charge < -0.3 is 63.8 Å². The lowest BCUT2D eigenvalue weighted by atomic mass is 10.2. The molecule has 24 heteroatoms. The molecule has 0 saturated heterocycles. The minimum Gasteiger partial charge on any atom is -0.467 e. The molecule has 0 atom stereocenters. The minimum atomic E-state index is -0.453. The van der Waals surface area contributed by atoms with Gasteiger partial charge in [-0.05, 0) is 161 Å². The van der Waals surface area contributed by atoms with E-state index >= 15 is 0 Å². The van der Waals surface area contributed by atoms with Gasteiger partial charge in [0.25, 0.3) is 0 Å². The summed E-state index contributed by atoms with van der Waals surface area (Å²) < 4.78 is 25.9. The van der Waals surface area contributed by atoms with E-state index < -0.39 is 9.85 Å². The van der Waals surface area contributed by atoms with Crippen LogP contribution in [0.2, 0.25) is 0 Å². The van der Waals surface area contributed by atoms with Gasteiger partial charge in [-0.3, -0.25) is 25.0 Å². The molecule has 5 rings (SSSR count).